The second kappa shape index (κ2) is 9.23. The summed E-state index contributed by atoms with van der Waals surface area (Å²) in [6, 6.07) is 2.05. The summed E-state index contributed by atoms with van der Waals surface area (Å²) in [6.45, 7) is 4.91. The van der Waals surface area contributed by atoms with Crippen LogP contribution in [0.2, 0.25) is 0 Å². The van der Waals surface area contributed by atoms with Crippen molar-refractivity contribution in [3.63, 3.8) is 0 Å². The highest BCUT2D eigenvalue weighted by atomic mass is 16.8. The molecule has 152 valence electrons. The van der Waals surface area contributed by atoms with E-state index in [-0.39, 0.29) is 35.3 Å². The number of nitrogens with one attached hydrogen (secondary N) is 2. The summed E-state index contributed by atoms with van der Waals surface area (Å²) in [6.07, 6.45) is -0.954. The lowest BCUT2D eigenvalue weighted by atomic mass is 10.2. The number of carboxylic acids is 1. The van der Waals surface area contributed by atoms with Crippen molar-refractivity contribution in [2.24, 2.45) is 0 Å². The summed E-state index contributed by atoms with van der Waals surface area (Å²) >= 11 is 0. The van der Waals surface area contributed by atoms with Crippen LogP contribution in [0.3, 0.4) is 0 Å². The SMILES string of the molecule is CC(C)(C)OC(=O)N[C@@H](CCNc1ccc(N([O-])[O-])cc1N(O)O)C(=O)O. The second-order valence-electron chi connectivity index (χ2n) is 6.50. The van der Waals surface area contributed by atoms with Gasteiger partial charge in [0.15, 0.2) is 0 Å². The number of alkyl carbamates (subject to hydrolysis) is 1. The number of ether oxygens (including phenoxy) is 1. The minimum atomic E-state index is -1.28. The fourth-order valence-corrected chi connectivity index (χ4v) is 2.01. The van der Waals surface area contributed by atoms with Gasteiger partial charge in [0, 0.05) is 12.2 Å². The third kappa shape index (κ3) is 7.53. The number of hydrogen-bond donors (Lipinski definition) is 5. The van der Waals surface area contributed by atoms with Crippen molar-refractivity contribution in [2.45, 2.75) is 38.8 Å². The Kier molecular flexibility index (Phi) is 7.60. The highest BCUT2D eigenvalue weighted by molar-refractivity contribution is 5.80. The molecule has 1 aromatic rings. The van der Waals surface area contributed by atoms with E-state index in [9.17, 15) is 35.5 Å². The molecule has 0 saturated heterocycles. The quantitative estimate of drug-likeness (QED) is 0.411. The number of carbonyl (C=O) groups is 2. The minimum Gasteiger partial charge on any atom is -0.769 e. The van der Waals surface area contributed by atoms with Gasteiger partial charge in [0.1, 0.15) is 17.3 Å². The van der Waals surface area contributed by atoms with Crippen LogP contribution in [-0.4, -0.2) is 45.8 Å². The minimum absolute atomic E-state index is 0.00537. The molecule has 0 aliphatic heterocycles. The van der Waals surface area contributed by atoms with E-state index in [1.165, 1.54) is 6.07 Å². The fraction of sp³-hybridized carbons (Fsp3) is 0.467. The monoisotopic (exact) mass is 386 g/mol. The molecule has 0 heterocycles. The maximum Gasteiger partial charge on any atom is 0.408 e. The normalized spacial score (nSPS) is 12.1. The van der Waals surface area contributed by atoms with Crippen molar-refractivity contribution in [3.8, 4) is 0 Å². The number of carbonyl (C=O) groups excluding carboxylic acids is 1. The molecule has 1 aromatic carbocycles. The molecule has 0 unspecified atom stereocenters. The zero-order chi connectivity index (χ0) is 20.8. The van der Waals surface area contributed by atoms with Crippen LogP contribution in [0, 0.1) is 10.4 Å². The van der Waals surface area contributed by atoms with E-state index in [4.69, 9.17) is 4.74 Å². The summed E-state index contributed by atoms with van der Waals surface area (Å²) in [5.41, 5.74) is -1.33. The van der Waals surface area contributed by atoms with Gasteiger partial charge in [0.05, 0.1) is 5.69 Å². The molecule has 0 aliphatic carbocycles. The number of rotatable bonds is 8. The number of carboxylic acid groups (broad SMARTS) is 1. The average molecular weight is 386 g/mol. The predicted molar refractivity (Wildman–Crippen MR) is 95.6 cm³/mol. The molecule has 0 aliphatic rings. The Labute approximate surface area is 155 Å². The van der Waals surface area contributed by atoms with Crippen LogP contribution in [0.4, 0.5) is 21.9 Å². The van der Waals surface area contributed by atoms with Gasteiger partial charge in [-0.05, 0) is 45.4 Å². The van der Waals surface area contributed by atoms with Gasteiger partial charge in [-0.3, -0.25) is 10.4 Å². The van der Waals surface area contributed by atoms with Crippen LogP contribution in [-0.2, 0) is 9.53 Å². The summed E-state index contributed by atoms with van der Waals surface area (Å²) in [5, 5.41) is 53.0. The highest BCUT2D eigenvalue weighted by Gasteiger charge is 2.23. The topological polar surface area (TPSA) is 181 Å². The molecule has 27 heavy (non-hydrogen) atoms. The van der Waals surface area contributed by atoms with Crippen molar-refractivity contribution < 1.29 is 29.8 Å². The van der Waals surface area contributed by atoms with Crippen molar-refractivity contribution in [1.29, 1.82) is 0 Å². The van der Waals surface area contributed by atoms with Gasteiger partial charge in [-0.25, -0.2) is 9.59 Å². The van der Waals surface area contributed by atoms with Crippen LogP contribution in [0.1, 0.15) is 27.2 Å². The lowest BCUT2D eigenvalue weighted by molar-refractivity contribution is -0.139. The summed E-state index contributed by atoms with van der Waals surface area (Å²) in [4.78, 5) is 23.0. The second-order valence-corrected chi connectivity index (χ2v) is 6.50. The van der Waals surface area contributed by atoms with Gasteiger partial charge in [0.2, 0.25) is 0 Å². The van der Waals surface area contributed by atoms with E-state index < -0.39 is 28.9 Å². The lowest BCUT2D eigenvalue weighted by Gasteiger charge is -2.38. The van der Waals surface area contributed by atoms with E-state index in [2.05, 4.69) is 10.6 Å². The molecular formula is C15H22N4O8-2. The number of amides is 1. The van der Waals surface area contributed by atoms with E-state index >= 15 is 0 Å². The third-order valence-electron chi connectivity index (χ3n) is 3.15. The van der Waals surface area contributed by atoms with Gasteiger partial charge < -0.3 is 36.1 Å². The molecule has 1 rings (SSSR count). The largest absolute Gasteiger partial charge is 0.769 e. The molecule has 0 spiro atoms. The molecule has 1 amide bonds. The molecule has 12 nitrogen and oxygen atoms in total. The van der Waals surface area contributed by atoms with Gasteiger partial charge in [-0.2, -0.15) is 0 Å². The zero-order valence-corrected chi connectivity index (χ0v) is 15.0. The van der Waals surface area contributed by atoms with Crippen molar-refractivity contribution in [1.82, 2.24) is 5.32 Å². The Bertz CT molecular complexity index is 660. The number of hydrogen-bond acceptors (Lipinski definition) is 10. The highest BCUT2D eigenvalue weighted by Crippen LogP contribution is 2.29. The number of nitrogens with zero attached hydrogens (tertiary/aromatic N) is 2. The van der Waals surface area contributed by atoms with Crippen molar-refractivity contribution >= 4 is 29.1 Å². The molecule has 0 saturated carbocycles. The first kappa shape index (κ1) is 22.2. The predicted octanol–water partition coefficient (Wildman–Crippen LogP) is 1.85. The Morgan fingerprint density at radius 2 is 1.89 bits per heavy atom. The zero-order valence-electron chi connectivity index (χ0n) is 15.0. The van der Waals surface area contributed by atoms with Crippen LogP contribution < -0.4 is 21.1 Å². The first-order valence-corrected chi connectivity index (χ1v) is 7.83. The maximum absolute atomic E-state index is 11.7. The first-order chi connectivity index (χ1) is 12.4. The Morgan fingerprint density at radius 3 is 2.37 bits per heavy atom. The first-order valence-electron chi connectivity index (χ1n) is 7.83. The number of anilines is 3. The van der Waals surface area contributed by atoms with Crippen molar-refractivity contribution in [3.05, 3.63) is 28.6 Å². The molecule has 5 N–H and O–H groups in total. The molecule has 1 atom stereocenters. The van der Waals surface area contributed by atoms with Crippen molar-refractivity contribution in [2.75, 3.05) is 22.3 Å². The molecule has 12 heteroatoms. The Balaban J connectivity index is 2.73. The molecular weight excluding hydrogens is 364 g/mol. The van der Waals surface area contributed by atoms with E-state index in [0.29, 0.717) is 0 Å². The number of aliphatic carboxylic acids is 1. The van der Waals surface area contributed by atoms with Gasteiger partial charge >= 0.3 is 12.1 Å². The molecule has 0 bridgehead atoms. The summed E-state index contributed by atoms with van der Waals surface area (Å²) in [7, 11) is 0. The smallest absolute Gasteiger partial charge is 0.408 e. The van der Waals surface area contributed by atoms with Gasteiger partial charge in [0.25, 0.3) is 0 Å². The average Bonchev–Trinajstić information content (AvgIpc) is 2.51. The molecule has 0 aromatic heterocycles. The standard InChI is InChI=1S/C15H22N4O8/c1-15(2,3)27-14(22)17-11(13(20)21)6-7-16-10-5-4-9(18(23)24)8-12(10)19(25)26/h4-5,8,11,16,25-26H,6-7H2,1-3H3,(H,17,22)(H,20,21)/q-2/t11-/m0/s1. The lowest BCUT2D eigenvalue weighted by Crippen LogP contribution is -2.44. The summed E-state index contributed by atoms with van der Waals surface area (Å²) < 4.78 is 5.00. The Morgan fingerprint density at radius 1 is 1.26 bits per heavy atom. The van der Waals surface area contributed by atoms with Gasteiger partial charge in [-0.15, -0.1) is 5.23 Å². The molecule has 0 radical (unpaired) electrons. The van der Waals surface area contributed by atoms with E-state index in [1.54, 1.807) is 20.8 Å². The third-order valence-corrected chi connectivity index (χ3v) is 3.15. The maximum atomic E-state index is 11.7. The molecule has 0 fully saturated rings. The van der Waals surface area contributed by atoms with E-state index in [0.717, 1.165) is 12.1 Å². The number of benzene rings is 1. The van der Waals surface area contributed by atoms with Crippen LogP contribution in [0.5, 0.6) is 0 Å². The van der Waals surface area contributed by atoms with Crippen LogP contribution in [0.25, 0.3) is 0 Å². The van der Waals surface area contributed by atoms with Crippen LogP contribution >= 0.6 is 0 Å². The fourth-order valence-electron chi connectivity index (χ4n) is 2.01. The van der Waals surface area contributed by atoms with E-state index in [1.807, 2.05) is 0 Å². The van der Waals surface area contributed by atoms with Crippen LogP contribution in [0.15, 0.2) is 18.2 Å². The Hall–Kier alpha value is -2.80. The summed E-state index contributed by atoms with van der Waals surface area (Å²) in [5.74, 6) is -1.28. The van der Waals surface area contributed by atoms with Gasteiger partial charge in [-0.1, -0.05) is 0 Å².